The Morgan fingerprint density at radius 2 is 1.81 bits per heavy atom. The summed E-state index contributed by atoms with van der Waals surface area (Å²) >= 11 is 0. The summed E-state index contributed by atoms with van der Waals surface area (Å²) in [5.74, 6) is -0.957. The predicted molar refractivity (Wildman–Crippen MR) is 114 cm³/mol. The van der Waals surface area contributed by atoms with Gasteiger partial charge in [-0.25, -0.2) is 13.5 Å². The van der Waals surface area contributed by atoms with Gasteiger partial charge in [0.25, 0.3) is 0 Å². The van der Waals surface area contributed by atoms with Crippen molar-refractivity contribution in [3.05, 3.63) is 59.9 Å². The third-order valence-electron chi connectivity index (χ3n) is 5.92. The molecular formula is C22H24F2N6O. The standard InChI is InChI=1S/C22H24F2N6O/c1-15-20(26-22-25-14-30(27-22)18-10-16(23)9-17(24)11-18)3-2-4-21(15)29-12-19(13-29)28-5-7-31-8-6-28/h2-4,9-11,14,19H,5-8,12-13H2,1H3,(H,26,27). The zero-order chi connectivity index (χ0) is 21.4. The van der Waals surface area contributed by atoms with E-state index in [1.807, 2.05) is 12.1 Å². The molecule has 31 heavy (non-hydrogen) atoms. The smallest absolute Gasteiger partial charge is 0.246 e. The molecule has 2 saturated heterocycles. The maximum absolute atomic E-state index is 13.5. The number of ether oxygens (including phenoxy) is 1. The summed E-state index contributed by atoms with van der Waals surface area (Å²) in [5, 5.41) is 7.54. The minimum atomic E-state index is -0.659. The van der Waals surface area contributed by atoms with E-state index in [4.69, 9.17) is 4.74 Å². The normalized spacial score (nSPS) is 17.6. The second-order valence-electron chi connectivity index (χ2n) is 7.92. The first kappa shape index (κ1) is 19.9. The molecule has 2 aliphatic heterocycles. The maximum atomic E-state index is 13.5. The topological polar surface area (TPSA) is 58.5 Å². The van der Waals surface area contributed by atoms with E-state index >= 15 is 0 Å². The van der Waals surface area contributed by atoms with Crippen LogP contribution in [-0.2, 0) is 4.74 Å². The quantitative estimate of drug-likeness (QED) is 0.677. The molecule has 2 aliphatic rings. The Bertz CT molecular complexity index is 1060. The lowest BCUT2D eigenvalue weighted by atomic mass is 10.0. The zero-order valence-electron chi connectivity index (χ0n) is 17.3. The minimum Gasteiger partial charge on any atom is -0.379 e. The summed E-state index contributed by atoms with van der Waals surface area (Å²) in [5.41, 5.74) is 3.46. The summed E-state index contributed by atoms with van der Waals surface area (Å²) in [7, 11) is 0. The van der Waals surface area contributed by atoms with E-state index in [1.165, 1.54) is 28.8 Å². The largest absolute Gasteiger partial charge is 0.379 e. The second kappa shape index (κ2) is 8.24. The van der Waals surface area contributed by atoms with Crippen LogP contribution in [0, 0.1) is 18.6 Å². The Hall–Kier alpha value is -3.04. The minimum absolute atomic E-state index is 0.276. The van der Waals surface area contributed by atoms with Gasteiger partial charge >= 0.3 is 0 Å². The van der Waals surface area contributed by atoms with E-state index < -0.39 is 11.6 Å². The SMILES string of the molecule is Cc1c(Nc2ncn(-c3cc(F)cc(F)c3)n2)cccc1N1CC(N2CCOCC2)C1. The Kier molecular flexibility index (Phi) is 5.29. The molecule has 0 unspecified atom stereocenters. The van der Waals surface area contributed by atoms with Gasteiger partial charge in [-0.3, -0.25) is 4.90 Å². The van der Waals surface area contributed by atoms with Gasteiger partial charge in [0.1, 0.15) is 18.0 Å². The van der Waals surface area contributed by atoms with E-state index in [9.17, 15) is 8.78 Å². The lowest BCUT2D eigenvalue weighted by Crippen LogP contribution is -2.61. The molecule has 162 valence electrons. The monoisotopic (exact) mass is 426 g/mol. The van der Waals surface area contributed by atoms with E-state index in [0.717, 1.165) is 56.7 Å². The second-order valence-corrected chi connectivity index (χ2v) is 7.92. The highest BCUT2D eigenvalue weighted by Crippen LogP contribution is 2.32. The average molecular weight is 426 g/mol. The maximum Gasteiger partial charge on any atom is 0.246 e. The molecule has 0 spiro atoms. The molecule has 0 atom stereocenters. The molecule has 2 aromatic carbocycles. The average Bonchev–Trinajstić information content (AvgIpc) is 3.18. The highest BCUT2D eigenvalue weighted by atomic mass is 19.1. The third kappa shape index (κ3) is 4.11. The number of aromatic nitrogens is 3. The van der Waals surface area contributed by atoms with Gasteiger partial charge in [0.2, 0.25) is 5.95 Å². The van der Waals surface area contributed by atoms with Crippen LogP contribution in [0.4, 0.5) is 26.1 Å². The highest BCUT2D eigenvalue weighted by Gasteiger charge is 2.33. The molecule has 3 aromatic rings. The fraction of sp³-hybridized carbons (Fsp3) is 0.364. The van der Waals surface area contributed by atoms with E-state index in [1.54, 1.807) is 0 Å². The van der Waals surface area contributed by atoms with Gasteiger partial charge in [-0.05, 0) is 36.8 Å². The molecule has 0 aliphatic carbocycles. The Morgan fingerprint density at radius 3 is 2.55 bits per heavy atom. The number of anilines is 3. The molecule has 1 aromatic heterocycles. The van der Waals surface area contributed by atoms with Crippen LogP contribution in [-0.4, -0.2) is 65.1 Å². The summed E-state index contributed by atoms with van der Waals surface area (Å²) < 4.78 is 33.8. The van der Waals surface area contributed by atoms with Crippen LogP contribution in [0.3, 0.4) is 0 Å². The first-order chi connectivity index (χ1) is 15.1. The molecule has 3 heterocycles. The summed E-state index contributed by atoms with van der Waals surface area (Å²) in [6.45, 7) is 7.71. The molecule has 0 radical (unpaired) electrons. The number of morpholine rings is 1. The number of nitrogens with one attached hydrogen (secondary N) is 1. The molecular weight excluding hydrogens is 402 g/mol. The van der Waals surface area contributed by atoms with Crippen LogP contribution in [0.15, 0.2) is 42.7 Å². The number of hydrogen-bond donors (Lipinski definition) is 1. The first-order valence-corrected chi connectivity index (χ1v) is 10.4. The van der Waals surface area contributed by atoms with Crippen LogP contribution in [0.25, 0.3) is 5.69 Å². The van der Waals surface area contributed by atoms with E-state index in [0.29, 0.717) is 12.0 Å². The molecule has 9 heteroatoms. The van der Waals surface area contributed by atoms with Gasteiger partial charge < -0.3 is 15.0 Å². The van der Waals surface area contributed by atoms with Crippen molar-refractivity contribution in [1.82, 2.24) is 19.7 Å². The van der Waals surface area contributed by atoms with Crippen molar-refractivity contribution >= 4 is 17.3 Å². The van der Waals surface area contributed by atoms with E-state index in [2.05, 4.69) is 38.2 Å². The summed E-state index contributed by atoms with van der Waals surface area (Å²) in [6.07, 6.45) is 1.43. The van der Waals surface area contributed by atoms with Gasteiger partial charge in [-0.2, -0.15) is 4.98 Å². The third-order valence-corrected chi connectivity index (χ3v) is 5.92. The van der Waals surface area contributed by atoms with Crippen LogP contribution in [0.1, 0.15) is 5.56 Å². The molecule has 0 saturated carbocycles. The van der Waals surface area contributed by atoms with Crippen LogP contribution < -0.4 is 10.2 Å². The van der Waals surface area contributed by atoms with Crippen molar-refractivity contribution in [2.24, 2.45) is 0 Å². The van der Waals surface area contributed by atoms with Gasteiger partial charge in [-0.1, -0.05) is 6.07 Å². The molecule has 0 amide bonds. The Balaban J connectivity index is 1.28. The van der Waals surface area contributed by atoms with Gasteiger partial charge in [0, 0.05) is 49.7 Å². The van der Waals surface area contributed by atoms with E-state index in [-0.39, 0.29) is 5.69 Å². The lowest BCUT2D eigenvalue weighted by molar-refractivity contribution is 0.0105. The summed E-state index contributed by atoms with van der Waals surface area (Å²) in [6, 6.07) is 9.92. The molecule has 5 rings (SSSR count). The van der Waals surface area contributed by atoms with Crippen molar-refractivity contribution in [1.29, 1.82) is 0 Å². The van der Waals surface area contributed by atoms with Crippen molar-refractivity contribution in [2.45, 2.75) is 13.0 Å². The number of rotatable bonds is 5. The molecule has 2 fully saturated rings. The van der Waals surface area contributed by atoms with Crippen molar-refractivity contribution in [3.8, 4) is 5.69 Å². The zero-order valence-corrected chi connectivity index (χ0v) is 17.3. The molecule has 0 bridgehead atoms. The number of halogens is 2. The lowest BCUT2D eigenvalue weighted by Gasteiger charge is -2.48. The number of hydrogen-bond acceptors (Lipinski definition) is 6. The van der Waals surface area contributed by atoms with Gasteiger partial charge in [0.15, 0.2) is 0 Å². The van der Waals surface area contributed by atoms with Crippen molar-refractivity contribution in [2.75, 3.05) is 49.6 Å². The van der Waals surface area contributed by atoms with Crippen LogP contribution >= 0.6 is 0 Å². The van der Waals surface area contributed by atoms with Crippen LogP contribution in [0.2, 0.25) is 0 Å². The first-order valence-electron chi connectivity index (χ1n) is 10.4. The number of benzene rings is 2. The Labute approximate surface area is 179 Å². The van der Waals surface area contributed by atoms with Crippen molar-refractivity contribution < 1.29 is 13.5 Å². The van der Waals surface area contributed by atoms with Gasteiger partial charge in [-0.15, -0.1) is 5.10 Å². The molecule has 1 N–H and O–H groups in total. The number of nitrogens with zero attached hydrogens (tertiary/aromatic N) is 5. The highest BCUT2D eigenvalue weighted by molar-refractivity contribution is 5.70. The molecule has 7 nitrogen and oxygen atoms in total. The summed E-state index contributed by atoms with van der Waals surface area (Å²) in [4.78, 5) is 9.11. The Morgan fingerprint density at radius 1 is 1.06 bits per heavy atom. The fourth-order valence-electron chi connectivity index (χ4n) is 4.16. The van der Waals surface area contributed by atoms with Gasteiger partial charge in [0.05, 0.1) is 18.9 Å². The fourth-order valence-corrected chi connectivity index (χ4v) is 4.16. The van der Waals surface area contributed by atoms with Crippen molar-refractivity contribution in [3.63, 3.8) is 0 Å². The predicted octanol–water partition coefficient (Wildman–Crippen LogP) is 3.12. The van der Waals surface area contributed by atoms with Crippen LogP contribution in [0.5, 0.6) is 0 Å².